The van der Waals surface area contributed by atoms with Crippen LogP contribution in [-0.2, 0) is 4.79 Å². The van der Waals surface area contributed by atoms with Gasteiger partial charge in [-0.15, -0.1) is 0 Å². The molecular weight excluding hydrogens is 194 g/mol. The van der Waals surface area contributed by atoms with Crippen LogP contribution < -0.4 is 0 Å². The summed E-state index contributed by atoms with van der Waals surface area (Å²) in [5, 5.41) is 19.0. The van der Waals surface area contributed by atoms with Crippen molar-refractivity contribution in [3.05, 3.63) is 0 Å². The molecule has 4 nitrogen and oxygen atoms in total. The zero-order valence-corrected chi connectivity index (χ0v) is 9.73. The van der Waals surface area contributed by atoms with Gasteiger partial charge in [0.2, 0.25) is 0 Å². The normalized spacial score (nSPS) is 21.5. The number of nitrogens with zero attached hydrogens (tertiary/aromatic N) is 1. The molecule has 1 saturated heterocycles. The van der Waals surface area contributed by atoms with Crippen LogP contribution in [0.1, 0.15) is 33.6 Å². The number of rotatable bonds is 2. The lowest BCUT2D eigenvalue weighted by Crippen LogP contribution is -2.49. The molecule has 0 aromatic rings. The summed E-state index contributed by atoms with van der Waals surface area (Å²) >= 11 is 0. The van der Waals surface area contributed by atoms with Gasteiger partial charge in [-0.1, -0.05) is 0 Å². The molecule has 1 unspecified atom stereocenters. The molecule has 1 amide bonds. The Bertz CT molecular complexity index is 224. The Balaban J connectivity index is 2.48. The van der Waals surface area contributed by atoms with Crippen molar-refractivity contribution >= 4 is 5.91 Å². The van der Waals surface area contributed by atoms with Gasteiger partial charge in [0.15, 0.2) is 0 Å². The second kappa shape index (κ2) is 4.49. The third-order valence-corrected chi connectivity index (χ3v) is 3.03. The minimum absolute atomic E-state index is 0.216. The lowest BCUT2D eigenvalue weighted by atomic mass is 9.91. The van der Waals surface area contributed by atoms with Crippen molar-refractivity contribution < 1.29 is 15.0 Å². The van der Waals surface area contributed by atoms with Crippen molar-refractivity contribution in [2.24, 2.45) is 5.92 Å². The van der Waals surface area contributed by atoms with Crippen LogP contribution in [0.3, 0.4) is 0 Å². The fourth-order valence-corrected chi connectivity index (χ4v) is 1.97. The first kappa shape index (κ1) is 12.5. The number of carbonyl (C=O) groups is 1. The monoisotopic (exact) mass is 215 g/mol. The van der Waals surface area contributed by atoms with Gasteiger partial charge in [-0.3, -0.25) is 4.79 Å². The summed E-state index contributed by atoms with van der Waals surface area (Å²) in [6.45, 7) is 6.08. The average Bonchev–Trinajstić information content (AvgIpc) is 2.15. The highest BCUT2D eigenvalue weighted by Gasteiger charge is 2.32. The average molecular weight is 215 g/mol. The van der Waals surface area contributed by atoms with E-state index in [4.69, 9.17) is 0 Å². The molecule has 2 N–H and O–H groups in total. The molecule has 4 heteroatoms. The fourth-order valence-electron chi connectivity index (χ4n) is 1.97. The highest BCUT2D eigenvalue weighted by molar-refractivity contribution is 5.84. The third-order valence-electron chi connectivity index (χ3n) is 3.03. The van der Waals surface area contributed by atoms with Crippen molar-refractivity contribution in [1.82, 2.24) is 4.90 Å². The smallest absolute Gasteiger partial charge is 0.253 e. The van der Waals surface area contributed by atoms with Crippen molar-refractivity contribution in [2.45, 2.75) is 45.3 Å². The number of amides is 1. The first-order valence-electron chi connectivity index (χ1n) is 5.52. The third kappa shape index (κ3) is 3.18. The van der Waals surface area contributed by atoms with Gasteiger partial charge in [0.25, 0.3) is 5.91 Å². The maximum atomic E-state index is 11.7. The molecule has 1 heterocycles. The Morgan fingerprint density at radius 3 is 2.20 bits per heavy atom. The topological polar surface area (TPSA) is 60.8 Å². The Hall–Kier alpha value is -0.610. The molecule has 1 rings (SSSR count). The zero-order valence-electron chi connectivity index (χ0n) is 9.73. The standard InChI is InChI=1S/C11H21NO3/c1-8(13)9-4-6-12(7-5-9)10(14)11(2,3)15/h8-9,13,15H,4-7H2,1-3H3. The van der Waals surface area contributed by atoms with E-state index >= 15 is 0 Å². The van der Waals surface area contributed by atoms with Crippen molar-refractivity contribution in [3.63, 3.8) is 0 Å². The van der Waals surface area contributed by atoms with Gasteiger partial charge in [0.05, 0.1) is 6.10 Å². The van der Waals surface area contributed by atoms with E-state index in [1.54, 1.807) is 11.8 Å². The lowest BCUT2D eigenvalue weighted by Gasteiger charge is -2.36. The number of piperidine rings is 1. The van der Waals surface area contributed by atoms with E-state index in [0.717, 1.165) is 12.8 Å². The van der Waals surface area contributed by atoms with E-state index in [9.17, 15) is 15.0 Å². The highest BCUT2D eigenvalue weighted by atomic mass is 16.3. The number of hydrogen-bond donors (Lipinski definition) is 2. The van der Waals surface area contributed by atoms with Crippen LogP contribution in [0.15, 0.2) is 0 Å². The molecular formula is C11H21NO3. The van der Waals surface area contributed by atoms with E-state index in [1.165, 1.54) is 13.8 Å². The van der Waals surface area contributed by atoms with Crippen LogP contribution in [0.5, 0.6) is 0 Å². The number of likely N-dealkylation sites (tertiary alicyclic amines) is 1. The van der Waals surface area contributed by atoms with Crippen LogP contribution in [0.4, 0.5) is 0 Å². The number of hydrogen-bond acceptors (Lipinski definition) is 3. The maximum Gasteiger partial charge on any atom is 0.253 e. The predicted octanol–water partition coefficient (Wildman–Crippen LogP) is 0.377. The summed E-state index contributed by atoms with van der Waals surface area (Å²) in [6, 6.07) is 0. The fraction of sp³-hybridized carbons (Fsp3) is 0.909. The Labute approximate surface area is 90.9 Å². The van der Waals surface area contributed by atoms with Crippen LogP contribution in [0.2, 0.25) is 0 Å². The molecule has 1 aliphatic rings. The molecule has 0 spiro atoms. The number of aliphatic hydroxyl groups is 2. The van der Waals surface area contributed by atoms with Crippen LogP contribution in [-0.4, -0.2) is 45.8 Å². The van der Waals surface area contributed by atoms with Gasteiger partial charge in [0, 0.05) is 13.1 Å². The number of aliphatic hydroxyl groups excluding tert-OH is 1. The van der Waals surface area contributed by atoms with Gasteiger partial charge >= 0.3 is 0 Å². The largest absolute Gasteiger partial charge is 0.393 e. The summed E-state index contributed by atoms with van der Waals surface area (Å²) in [4.78, 5) is 13.4. The van der Waals surface area contributed by atoms with Crippen molar-refractivity contribution in [1.29, 1.82) is 0 Å². The summed E-state index contributed by atoms with van der Waals surface area (Å²) < 4.78 is 0. The molecule has 0 aliphatic carbocycles. The lowest BCUT2D eigenvalue weighted by molar-refractivity contribution is -0.149. The summed E-state index contributed by atoms with van der Waals surface area (Å²) in [7, 11) is 0. The first-order chi connectivity index (χ1) is 6.82. The molecule has 0 aromatic carbocycles. The highest BCUT2D eigenvalue weighted by Crippen LogP contribution is 2.22. The van der Waals surface area contributed by atoms with Gasteiger partial charge in [0.1, 0.15) is 5.60 Å². The molecule has 0 saturated carbocycles. The first-order valence-corrected chi connectivity index (χ1v) is 5.52. The van der Waals surface area contributed by atoms with Crippen LogP contribution >= 0.6 is 0 Å². The van der Waals surface area contributed by atoms with Crippen molar-refractivity contribution in [3.8, 4) is 0 Å². The van der Waals surface area contributed by atoms with E-state index in [2.05, 4.69) is 0 Å². The van der Waals surface area contributed by atoms with Gasteiger partial charge in [-0.05, 0) is 39.5 Å². The van der Waals surface area contributed by atoms with Gasteiger partial charge in [-0.2, -0.15) is 0 Å². The zero-order chi connectivity index (χ0) is 11.6. The summed E-state index contributed by atoms with van der Waals surface area (Å²) in [5.41, 5.74) is -1.28. The molecule has 1 aliphatic heterocycles. The van der Waals surface area contributed by atoms with E-state index in [1.807, 2.05) is 0 Å². The molecule has 15 heavy (non-hydrogen) atoms. The predicted molar refractivity (Wildman–Crippen MR) is 57.3 cm³/mol. The van der Waals surface area contributed by atoms with Crippen LogP contribution in [0.25, 0.3) is 0 Å². The second-order valence-corrected chi connectivity index (χ2v) is 4.93. The molecule has 1 fully saturated rings. The van der Waals surface area contributed by atoms with Gasteiger partial charge < -0.3 is 15.1 Å². The van der Waals surface area contributed by atoms with E-state index < -0.39 is 5.60 Å². The molecule has 0 radical (unpaired) electrons. The molecule has 1 atom stereocenters. The van der Waals surface area contributed by atoms with E-state index in [-0.39, 0.29) is 17.9 Å². The summed E-state index contributed by atoms with van der Waals surface area (Å²) in [6.07, 6.45) is 1.34. The SMILES string of the molecule is CC(O)C1CCN(C(=O)C(C)(C)O)CC1. The van der Waals surface area contributed by atoms with Crippen LogP contribution in [0, 0.1) is 5.92 Å². The second-order valence-electron chi connectivity index (χ2n) is 4.93. The van der Waals surface area contributed by atoms with Crippen molar-refractivity contribution in [2.75, 3.05) is 13.1 Å². The Morgan fingerprint density at radius 1 is 1.40 bits per heavy atom. The minimum atomic E-state index is -1.28. The molecule has 0 bridgehead atoms. The quantitative estimate of drug-likeness (QED) is 0.700. The van der Waals surface area contributed by atoms with Gasteiger partial charge in [-0.25, -0.2) is 0 Å². The molecule has 0 aromatic heterocycles. The summed E-state index contributed by atoms with van der Waals surface area (Å²) in [5.74, 6) is 0.0717. The Morgan fingerprint density at radius 2 is 1.87 bits per heavy atom. The molecule has 88 valence electrons. The number of carbonyl (C=O) groups excluding carboxylic acids is 1. The maximum absolute atomic E-state index is 11.7. The Kier molecular flexibility index (Phi) is 3.73. The van der Waals surface area contributed by atoms with E-state index in [0.29, 0.717) is 13.1 Å². The minimum Gasteiger partial charge on any atom is -0.393 e.